The number of carbonyl (C=O) groups is 1. The number of rotatable bonds is 13. The molecule has 1 N–H and O–H groups in total. The molecule has 1 heterocycles. The summed E-state index contributed by atoms with van der Waals surface area (Å²) in [5.41, 5.74) is 4.23. The first-order valence-corrected chi connectivity index (χ1v) is 12.3. The fraction of sp³-hybridized carbons (Fsp3) is 0.741. The van der Waals surface area contributed by atoms with Crippen LogP contribution in [0, 0.1) is 11.8 Å². The maximum absolute atomic E-state index is 12.5. The Morgan fingerprint density at radius 3 is 2.19 bits per heavy atom. The molecule has 178 valence electrons. The normalized spacial score (nSPS) is 18.1. The summed E-state index contributed by atoms with van der Waals surface area (Å²) in [6.45, 7) is 14.8. The molecule has 0 spiro atoms. The lowest BCUT2D eigenvalue weighted by molar-refractivity contribution is -0.132. The Balaban J connectivity index is 2.61. The number of hydrogen-bond acceptors (Lipinski definition) is 3. The molecule has 0 bridgehead atoms. The highest BCUT2D eigenvalue weighted by atomic mass is 16.3. The van der Waals surface area contributed by atoms with Crippen molar-refractivity contribution >= 4 is 5.91 Å². The van der Waals surface area contributed by atoms with E-state index < -0.39 is 0 Å². The van der Waals surface area contributed by atoms with Crippen molar-refractivity contribution in [3.63, 3.8) is 0 Å². The minimum Gasteiger partial charge on any atom is -0.396 e. The zero-order chi connectivity index (χ0) is 23.2. The van der Waals surface area contributed by atoms with Gasteiger partial charge in [0.25, 0.3) is 0 Å². The number of allylic oxidation sites excluding steroid dienone is 6. The Morgan fingerprint density at radius 2 is 1.58 bits per heavy atom. The quantitative estimate of drug-likeness (QED) is 0.386. The molecule has 1 aliphatic rings. The van der Waals surface area contributed by atoms with Gasteiger partial charge in [-0.2, -0.15) is 0 Å². The summed E-state index contributed by atoms with van der Waals surface area (Å²) in [7, 11) is 2.11. The highest BCUT2D eigenvalue weighted by Gasteiger charge is 2.18. The number of likely N-dealkylation sites (N-methyl/N-ethyl adjacent to an activating group) is 1. The molecule has 0 aromatic rings. The Bertz CT molecular complexity index is 609. The monoisotopic (exact) mass is 432 g/mol. The average Bonchev–Trinajstić information content (AvgIpc) is 2.73. The lowest BCUT2D eigenvalue weighted by atomic mass is 9.87. The Labute approximate surface area is 192 Å². The smallest absolute Gasteiger partial charge is 0.222 e. The molecule has 0 saturated carbocycles. The van der Waals surface area contributed by atoms with Crippen molar-refractivity contribution in [1.82, 2.24) is 9.80 Å². The van der Waals surface area contributed by atoms with Gasteiger partial charge in [0.2, 0.25) is 5.91 Å². The lowest BCUT2D eigenvalue weighted by Crippen LogP contribution is -2.47. The van der Waals surface area contributed by atoms with Gasteiger partial charge in [-0.05, 0) is 85.1 Å². The van der Waals surface area contributed by atoms with Crippen LogP contribution in [0.25, 0.3) is 0 Å². The predicted octanol–water partition coefficient (Wildman–Crippen LogP) is 5.59. The summed E-state index contributed by atoms with van der Waals surface area (Å²) in [5, 5.41) is 9.41. The summed E-state index contributed by atoms with van der Waals surface area (Å²) >= 11 is 0. The van der Waals surface area contributed by atoms with Gasteiger partial charge in [0.05, 0.1) is 0 Å². The summed E-state index contributed by atoms with van der Waals surface area (Å²) in [4.78, 5) is 16.8. The topological polar surface area (TPSA) is 43.8 Å². The van der Waals surface area contributed by atoms with Crippen LogP contribution in [0.3, 0.4) is 0 Å². The highest BCUT2D eigenvalue weighted by Crippen LogP contribution is 2.25. The molecular formula is C27H48N2O2. The van der Waals surface area contributed by atoms with E-state index in [1.165, 1.54) is 16.7 Å². The molecule has 0 radical (unpaired) electrons. The summed E-state index contributed by atoms with van der Waals surface area (Å²) < 4.78 is 0. The predicted molar refractivity (Wildman–Crippen MR) is 133 cm³/mol. The van der Waals surface area contributed by atoms with E-state index in [1.807, 2.05) is 4.90 Å². The van der Waals surface area contributed by atoms with Crippen molar-refractivity contribution in [2.24, 2.45) is 11.8 Å². The van der Waals surface area contributed by atoms with Crippen molar-refractivity contribution in [3.05, 3.63) is 34.9 Å². The molecule has 1 aliphatic heterocycles. The number of piperazine rings is 1. The van der Waals surface area contributed by atoms with Crippen LogP contribution in [-0.2, 0) is 4.79 Å². The van der Waals surface area contributed by atoms with E-state index in [1.54, 1.807) is 0 Å². The SMILES string of the molecule is CC(C)=CCC/C(C)=C/CC(CCC(C)CO)/C(C)=C/CCC(=O)N1CCN(C)CC1. The van der Waals surface area contributed by atoms with E-state index in [0.717, 1.165) is 64.7 Å². The molecule has 2 atom stereocenters. The van der Waals surface area contributed by atoms with Gasteiger partial charge in [0.15, 0.2) is 0 Å². The van der Waals surface area contributed by atoms with Crippen LogP contribution in [-0.4, -0.2) is 60.6 Å². The van der Waals surface area contributed by atoms with E-state index in [-0.39, 0.29) is 12.5 Å². The first-order chi connectivity index (χ1) is 14.7. The molecule has 2 unspecified atom stereocenters. The van der Waals surface area contributed by atoms with Crippen LogP contribution < -0.4 is 0 Å². The zero-order valence-electron chi connectivity index (χ0n) is 21.1. The largest absolute Gasteiger partial charge is 0.396 e. The highest BCUT2D eigenvalue weighted by molar-refractivity contribution is 5.76. The molecular weight excluding hydrogens is 384 g/mol. The number of aliphatic hydroxyl groups is 1. The Morgan fingerprint density at radius 1 is 0.935 bits per heavy atom. The van der Waals surface area contributed by atoms with Crippen molar-refractivity contribution in [2.75, 3.05) is 39.8 Å². The number of hydrogen-bond donors (Lipinski definition) is 1. The second-order valence-corrected chi connectivity index (χ2v) is 9.84. The first kappa shape index (κ1) is 27.6. The van der Waals surface area contributed by atoms with Gasteiger partial charge in [-0.15, -0.1) is 0 Å². The van der Waals surface area contributed by atoms with E-state index in [2.05, 4.69) is 64.8 Å². The van der Waals surface area contributed by atoms with Crippen LogP contribution in [0.4, 0.5) is 0 Å². The minimum absolute atomic E-state index is 0.257. The van der Waals surface area contributed by atoms with Crippen LogP contribution >= 0.6 is 0 Å². The van der Waals surface area contributed by atoms with E-state index in [4.69, 9.17) is 0 Å². The summed E-state index contributed by atoms with van der Waals surface area (Å²) in [6, 6.07) is 0. The van der Waals surface area contributed by atoms with Crippen LogP contribution in [0.1, 0.15) is 79.6 Å². The molecule has 0 aromatic carbocycles. The van der Waals surface area contributed by atoms with Gasteiger partial charge in [-0.1, -0.05) is 41.9 Å². The number of amides is 1. The van der Waals surface area contributed by atoms with Crippen molar-refractivity contribution in [3.8, 4) is 0 Å². The zero-order valence-corrected chi connectivity index (χ0v) is 21.1. The van der Waals surface area contributed by atoms with Gasteiger partial charge < -0.3 is 14.9 Å². The summed E-state index contributed by atoms with van der Waals surface area (Å²) in [5.74, 6) is 1.13. The molecule has 0 aromatic heterocycles. The molecule has 1 saturated heterocycles. The third-order valence-electron chi connectivity index (χ3n) is 6.49. The number of nitrogens with zero attached hydrogens (tertiary/aromatic N) is 2. The van der Waals surface area contributed by atoms with Gasteiger partial charge in [0.1, 0.15) is 0 Å². The van der Waals surface area contributed by atoms with Crippen molar-refractivity contribution in [2.45, 2.75) is 79.6 Å². The third-order valence-corrected chi connectivity index (χ3v) is 6.49. The molecule has 31 heavy (non-hydrogen) atoms. The first-order valence-electron chi connectivity index (χ1n) is 12.3. The Kier molecular flexibility index (Phi) is 13.7. The second-order valence-electron chi connectivity index (χ2n) is 9.84. The maximum atomic E-state index is 12.5. The molecule has 0 aliphatic carbocycles. The molecule has 4 heteroatoms. The fourth-order valence-electron chi connectivity index (χ4n) is 3.95. The third kappa shape index (κ3) is 12.3. The molecule has 1 rings (SSSR count). The number of aliphatic hydroxyl groups excluding tert-OH is 1. The standard InChI is InChI=1S/C27H48N2O2/c1-22(2)9-7-10-23(3)13-15-26(16-14-24(4)21-30)25(5)11-8-12-27(31)29-19-17-28(6)18-20-29/h9,11,13,24,26,30H,7-8,10,12,14-21H2,1-6H3/b23-13+,25-11+. The number of carbonyl (C=O) groups excluding carboxylic acids is 1. The van der Waals surface area contributed by atoms with Crippen molar-refractivity contribution in [1.29, 1.82) is 0 Å². The van der Waals surface area contributed by atoms with E-state index >= 15 is 0 Å². The van der Waals surface area contributed by atoms with Gasteiger partial charge in [-0.3, -0.25) is 4.79 Å². The van der Waals surface area contributed by atoms with Gasteiger partial charge >= 0.3 is 0 Å². The van der Waals surface area contributed by atoms with Crippen LogP contribution in [0.2, 0.25) is 0 Å². The Hall–Kier alpha value is -1.39. The van der Waals surface area contributed by atoms with E-state index in [9.17, 15) is 9.90 Å². The average molecular weight is 433 g/mol. The second kappa shape index (κ2) is 15.4. The van der Waals surface area contributed by atoms with E-state index in [0.29, 0.717) is 18.3 Å². The van der Waals surface area contributed by atoms with Gasteiger partial charge in [0, 0.05) is 39.2 Å². The fourth-order valence-corrected chi connectivity index (χ4v) is 3.95. The minimum atomic E-state index is 0.257. The van der Waals surface area contributed by atoms with Gasteiger partial charge in [-0.25, -0.2) is 0 Å². The molecule has 1 amide bonds. The maximum Gasteiger partial charge on any atom is 0.222 e. The molecule has 4 nitrogen and oxygen atoms in total. The van der Waals surface area contributed by atoms with Crippen molar-refractivity contribution < 1.29 is 9.90 Å². The van der Waals surface area contributed by atoms with Crippen LogP contribution in [0.15, 0.2) is 34.9 Å². The van der Waals surface area contributed by atoms with Crippen LogP contribution in [0.5, 0.6) is 0 Å². The lowest BCUT2D eigenvalue weighted by Gasteiger charge is -2.32. The summed E-state index contributed by atoms with van der Waals surface area (Å²) in [6.07, 6.45) is 13.8. The molecule has 1 fully saturated rings.